The first-order valence-corrected chi connectivity index (χ1v) is 8.06. The molecule has 118 valence electrons. The minimum Gasteiger partial charge on any atom is -0.385 e. The lowest BCUT2D eigenvalue weighted by atomic mass is 10.0. The molecule has 0 spiro atoms. The van der Waals surface area contributed by atoms with Crippen LogP contribution in [-0.4, -0.2) is 36.8 Å². The summed E-state index contributed by atoms with van der Waals surface area (Å²) in [7, 11) is 1.77. The Labute approximate surface area is 127 Å². The van der Waals surface area contributed by atoms with Gasteiger partial charge in [-0.15, -0.1) is 0 Å². The first-order chi connectivity index (χ1) is 10.2. The average molecular weight is 292 g/mol. The van der Waals surface area contributed by atoms with Gasteiger partial charge in [0.1, 0.15) is 17.5 Å². The molecule has 0 amide bonds. The Balaban J connectivity index is 1.98. The van der Waals surface area contributed by atoms with Crippen LogP contribution in [0.1, 0.15) is 45.4 Å². The zero-order chi connectivity index (χ0) is 15.1. The first-order valence-electron chi connectivity index (χ1n) is 8.06. The number of aromatic nitrogens is 2. The standard InChI is InChI=1S/C16H28N4O/c1-4-6-13-19-14(17-5-2)11-15(20-13)18-12-16(7-8-16)9-10-21-3/h11H,4-10,12H2,1-3H3,(H2,17,18,19,20). The fourth-order valence-electron chi connectivity index (χ4n) is 2.48. The molecule has 0 aromatic carbocycles. The summed E-state index contributed by atoms with van der Waals surface area (Å²) in [5, 5.41) is 6.79. The molecule has 0 aliphatic heterocycles. The van der Waals surface area contributed by atoms with Gasteiger partial charge in [-0.2, -0.15) is 0 Å². The van der Waals surface area contributed by atoms with Crippen LogP contribution in [0, 0.1) is 5.41 Å². The largest absolute Gasteiger partial charge is 0.385 e. The van der Waals surface area contributed by atoms with E-state index in [1.54, 1.807) is 7.11 Å². The maximum absolute atomic E-state index is 5.21. The number of ether oxygens (including phenoxy) is 1. The molecule has 1 aromatic rings. The van der Waals surface area contributed by atoms with Gasteiger partial charge in [-0.05, 0) is 38.0 Å². The van der Waals surface area contributed by atoms with Crippen LogP contribution in [-0.2, 0) is 11.2 Å². The molecule has 1 fully saturated rings. The Hall–Kier alpha value is -1.36. The van der Waals surface area contributed by atoms with E-state index in [0.717, 1.165) is 56.4 Å². The third-order valence-corrected chi connectivity index (χ3v) is 4.04. The van der Waals surface area contributed by atoms with Crippen LogP contribution in [0.2, 0.25) is 0 Å². The SMILES string of the molecule is CCCc1nc(NCC)cc(NCC2(CCOC)CC2)n1. The van der Waals surface area contributed by atoms with Gasteiger partial charge in [0, 0.05) is 39.3 Å². The second-order valence-electron chi connectivity index (χ2n) is 5.93. The van der Waals surface area contributed by atoms with Crippen molar-refractivity contribution in [3.8, 4) is 0 Å². The summed E-state index contributed by atoms with van der Waals surface area (Å²) in [5.74, 6) is 2.77. The molecule has 1 aliphatic rings. The highest BCUT2D eigenvalue weighted by Crippen LogP contribution is 2.48. The zero-order valence-corrected chi connectivity index (χ0v) is 13.5. The molecule has 5 heteroatoms. The summed E-state index contributed by atoms with van der Waals surface area (Å²) >= 11 is 0. The Morgan fingerprint density at radius 2 is 1.90 bits per heavy atom. The van der Waals surface area contributed by atoms with E-state index in [4.69, 9.17) is 4.74 Å². The van der Waals surface area contributed by atoms with E-state index in [-0.39, 0.29) is 0 Å². The van der Waals surface area contributed by atoms with E-state index >= 15 is 0 Å². The summed E-state index contributed by atoms with van der Waals surface area (Å²) in [6.07, 6.45) is 5.69. The summed E-state index contributed by atoms with van der Waals surface area (Å²) in [5.41, 5.74) is 0.421. The van der Waals surface area contributed by atoms with E-state index in [2.05, 4.69) is 34.4 Å². The van der Waals surface area contributed by atoms with E-state index in [9.17, 15) is 0 Å². The van der Waals surface area contributed by atoms with Crippen molar-refractivity contribution in [3.63, 3.8) is 0 Å². The van der Waals surface area contributed by atoms with E-state index in [1.165, 1.54) is 12.8 Å². The summed E-state index contributed by atoms with van der Waals surface area (Å²) < 4.78 is 5.21. The lowest BCUT2D eigenvalue weighted by Crippen LogP contribution is -2.18. The molecule has 1 aromatic heterocycles. The number of nitrogens with zero attached hydrogens (tertiary/aromatic N) is 2. The van der Waals surface area contributed by atoms with Crippen LogP contribution in [0.3, 0.4) is 0 Å². The van der Waals surface area contributed by atoms with Crippen molar-refractivity contribution in [1.82, 2.24) is 9.97 Å². The molecular weight excluding hydrogens is 264 g/mol. The molecule has 1 heterocycles. The van der Waals surface area contributed by atoms with E-state index in [1.807, 2.05) is 6.07 Å². The van der Waals surface area contributed by atoms with Gasteiger partial charge in [0.2, 0.25) is 0 Å². The molecule has 1 aliphatic carbocycles. The summed E-state index contributed by atoms with van der Waals surface area (Å²) in [6, 6.07) is 2.01. The molecule has 1 saturated carbocycles. The fraction of sp³-hybridized carbons (Fsp3) is 0.750. The van der Waals surface area contributed by atoms with Crippen molar-refractivity contribution >= 4 is 11.6 Å². The number of hydrogen-bond acceptors (Lipinski definition) is 5. The first kappa shape index (κ1) is 16.0. The number of rotatable bonds is 10. The monoisotopic (exact) mass is 292 g/mol. The predicted octanol–water partition coefficient (Wildman–Crippen LogP) is 3.09. The molecule has 0 atom stereocenters. The molecule has 2 rings (SSSR count). The van der Waals surface area contributed by atoms with Crippen LogP contribution in [0.5, 0.6) is 0 Å². The number of methoxy groups -OCH3 is 1. The lowest BCUT2D eigenvalue weighted by Gasteiger charge is -2.17. The van der Waals surface area contributed by atoms with Gasteiger partial charge in [0.25, 0.3) is 0 Å². The van der Waals surface area contributed by atoms with Gasteiger partial charge in [-0.3, -0.25) is 0 Å². The maximum atomic E-state index is 5.21. The van der Waals surface area contributed by atoms with Crippen molar-refractivity contribution in [3.05, 3.63) is 11.9 Å². The zero-order valence-electron chi connectivity index (χ0n) is 13.5. The lowest BCUT2D eigenvalue weighted by molar-refractivity contribution is 0.175. The quantitative estimate of drug-likeness (QED) is 0.694. The second kappa shape index (κ2) is 7.59. The van der Waals surface area contributed by atoms with Crippen molar-refractivity contribution in [2.45, 2.75) is 46.0 Å². The number of anilines is 2. The van der Waals surface area contributed by atoms with Gasteiger partial charge < -0.3 is 15.4 Å². The highest BCUT2D eigenvalue weighted by Gasteiger charge is 2.41. The summed E-state index contributed by atoms with van der Waals surface area (Å²) in [4.78, 5) is 9.16. The van der Waals surface area contributed by atoms with Crippen molar-refractivity contribution in [1.29, 1.82) is 0 Å². The molecule has 0 saturated heterocycles. The molecule has 21 heavy (non-hydrogen) atoms. The molecule has 0 radical (unpaired) electrons. The van der Waals surface area contributed by atoms with Gasteiger partial charge in [-0.1, -0.05) is 6.92 Å². The third kappa shape index (κ3) is 4.84. The van der Waals surface area contributed by atoms with E-state index < -0.39 is 0 Å². The maximum Gasteiger partial charge on any atom is 0.133 e. The van der Waals surface area contributed by atoms with E-state index in [0.29, 0.717) is 5.41 Å². The van der Waals surface area contributed by atoms with Gasteiger partial charge in [-0.25, -0.2) is 9.97 Å². The smallest absolute Gasteiger partial charge is 0.133 e. The normalized spacial score (nSPS) is 15.8. The van der Waals surface area contributed by atoms with Gasteiger partial charge in [0.15, 0.2) is 0 Å². The Morgan fingerprint density at radius 1 is 1.19 bits per heavy atom. The van der Waals surface area contributed by atoms with Crippen LogP contribution < -0.4 is 10.6 Å². The average Bonchev–Trinajstić information content (AvgIpc) is 3.24. The highest BCUT2D eigenvalue weighted by atomic mass is 16.5. The molecular formula is C16H28N4O. The Kier molecular flexibility index (Phi) is 5.79. The summed E-state index contributed by atoms with van der Waals surface area (Å²) in [6.45, 7) is 6.93. The Bertz CT molecular complexity index is 422. The number of aryl methyl sites for hydroxylation is 1. The number of nitrogens with one attached hydrogen (secondary N) is 2. The second-order valence-corrected chi connectivity index (χ2v) is 5.93. The number of hydrogen-bond donors (Lipinski definition) is 2. The molecule has 0 unspecified atom stereocenters. The highest BCUT2D eigenvalue weighted by molar-refractivity contribution is 5.47. The Morgan fingerprint density at radius 3 is 2.48 bits per heavy atom. The van der Waals surface area contributed by atoms with Crippen molar-refractivity contribution in [2.24, 2.45) is 5.41 Å². The minimum atomic E-state index is 0.421. The van der Waals surface area contributed by atoms with Gasteiger partial charge in [0.05, 0.1) is 0 Å². The van der Waals surface area contributed by atoms with Crippen LogP contribution in [0.25, 0.3) is 0 Å². The van der Waals surface area contributed by atoms with Gasteiger partial charge >= 0.3 is 0 Å². The van der Waals surface area contributed by atoms with Crippen LogP contribution in [0.15, 0.2) is 6.07 Å². The molecule has 2 N–H and O–H groups in total. The van der Waals surface area contributed by atoms with Crippen LogP contribution in [0.4, 0.5) is 11.6 Å². The third-order valence-electron chi connectivity index (χ3n) is 4.04. The predicted molar refractivity (Wildman–Crippen MR) is 86.8 cm³/mol. The van der Waals surface area contributed by atoms with Crippen molar-refractivity contribution in [2.75, 3.05) is 37.4 Å². The van der Waals surface area contributed by atoms with Crippen molar-refractivity contribution < 1.29 is 4.74 Å². The molecule has 0 bridgehead atoms. The van der Waals surface area contributed by atoms with Crippen LogP contribution >= 0.6 is 0 Å². The molecule has 5 nitrogen and oxygen atoms in total. The topological polar surface area (TPSA) is 59.1 Å². The minimum absolute atomic E-state index is 0.421. The fourth-order valence-corrected chi connectivity index (χ4v) is 2.48.